The van der Waals surface area contributed by atoms with Gasteiger partial charge in [0.15, 0.2) is 0 Å². The lowest BCUT2D eigenvalue weighted by molar-refractivity contribution is 0.0954. The Bertz CT molecular complexity index is 744. The van der Waals surface area contributed by atoms with E-state index in [1.807, 2.05) is 13.0 Å². The van der Waals surface area contributed by atoms with E-state index in [2.05, 4.69) is 17.6 Å². The van der Waals surface area contributed by atoms with E-state index >= 15 is 0 Å². The number of para-hydroxylation sites is 1. The molecular formula is C19H21ClN2O2. The first-order valence-corrected chi connectivity index (χ1v) is 8.35. The van der Waals surface area contributed by atoms with E-state index in [1.165, 1.54) is 0 Å². The van der Waals surface area contributed by atoms with Crippen LogP contribution in [-0.4, -0.2) is 18.4 Å². The third-order valence-electron chi connectivity index (χ3n) is 3.60. The van der Waals surface area contributed by atoms with Gasteiger partial charge >= 0.3 is 0 Å². The SMILES string of the molecule is CCCCNC(=O)c1ccccc1NC(=O)c1ccc(C)cc1Cl. The van der Waals surface area contributed by atoms with Gasteiger partial charge in [0.1, 0.15) is 0 Å². The number of amides is 2. The molecule has 0 saturated heterocycles. The quantitative estimate of drug-likeness (QED) is 0.761. The van der Waals surface area contributed by atoms with Crippen LogP contribution in [-0.2, 0) is 0 Å². The van der Waals surface area contributed by atoms with Crippen LogP contribution < -0.4 is 10.6 Å². The van der Waals surface area contributed by atoms with Crippen LogP contribution in [0.2, 0.25) is 5.02 Å². The van der Waals surface area contributed by atoms with Gasteiger partial charge in [0, 0.05) is 6.54 Å². The minimum absolute atomic E-state index is 0.200. The molecule has 0 aliphatic carbocycles. The van der Waals surface area contributed by atoms with Gasteiger partial charge in [-0.15, -0.1) is 0 Å². The molecule has 0 bridgehead atoms. The van der Waals surface area contributed by atoms with Crippen molar-refractivity contribution < 1.29 is 9.59 Å². The molecule has 4 nitrogen and oxygen atoms in total. The number of benzene rings is 2. The van der Waals surface area contributed by atoms with Crippen molar-refractivity contribution >= 4 is 29.1 Å². The Hall–Kier alpha value is -2.33. The summed E-state index contributed by atoms with van der Waals surface area (Å²) in [5, 5.41) is 6.02. The molecular weight excluding hydrogens is 324 g/mol. The van der Waals surface area contributed by atoms with E-state index in [-0.39, 0.29) is 11.8 Å². The molecule has 0 saturated carbocycles. The van der Waals surface area contributed by atoms with Crippen LogP contribution in [0.4, 0.5) is 5.69 Å². The Kier molecular flexibility index (Phi) is 6.38. The maximum absolute atomic E-state index is 12.5. The fourth-order valence-electron chi connectivity index (χ4n) is 2.26. The fraction of sp³-hybridized carbons (Fsp3) is 0.263. The zero-order valence-corrected chi connectivity index (χ0v) is 14.6. The lowest BCUT2D eigenvalue weighted by Crippen LogP contribution is -2.26. The Balaban J connectivity index is 2.17. The summed E-state index contributed by atoms with van der Waals surface area (Å²) in [5.41, 5.74) is 2.26. The van der Waals surface area contributed by atoms with Gasteiger partial charge in [-0.25, -0.2) is 0 Å². The van der Waals surface area contributed by atoms with Crippen LogP contribution in [0.15, 0.2) is 42.5 Å². The highest BCUT2D eigenvalue weighted by Crippen LogP contribution is 2.21. The van der Waals surface area contributed by atoms with Crippen LogP contribution in [0.5, 0.6) is 0 Å². The number of nitrogens with one attached hydrogen (secondary N) is 2. The molecule has 2 aromatic carbocycles. The van der Waals surface area contributed by atoms with Crippen LogP contribution in [0.25, 0.3) is 0 Å². The first-order chi connectivity index (χ1) is 11.5. The van der Waals surface area contributed by atoms with Crippen molar-refractivity contribution in [2.75, 3.05) is 11.9 Å². The predicted octanol–water partition coefficient (Wildman–Crippen LogP) is 4.43. The first-order valence-electron chi connectivity index (χ1n) is 7.97. The van der Waals surface area contributed by atoms with Gasteiger partial charge in [0.2, 0.25) is 0 Å². The first kappa shape index (κ1) is 18.0. The van der Waals surface area contributed by atoms with E-state index in [1.54, 1.807) is 36.4 Å². The lowest BCUT2D eigenvalue weighted by atomic mass is 10.1. The highest BCUT2D eigenvalue weighted by molar-refractivity contribution is 6.34. The highest BCUT2D eigenvalue weighted by atomic mass is 35.5. The standard InChI is InChI=1S/C19H21ClN2O2/c1-3-4-11-21-18(23)15-7-5-6-8-17(15)22-19(24)14-10-9-13(2)12-16(14)20/h5-10,12H,3-4,11H2,1-2H3,(H,21,23)(H,22,24). The molecule has 0 aromatic heterocycles. The number of hydrogen-bond donors (Lipinski definition) is 2. The number of anilines is 1. The third kappa shape index (κ3) is 4.59. The molecule has 2 amide bonds. The summed E-state index contributed by atoms with van der Waals surface area (Å²) in [6.07, 6.45) is 1.92. The second-order valence-corrected chi connectivity index (χ2v) is 6.00. The second kappa shape index (κ2) is 8.50. The van der Waals surface area contributed by atoms with Crippen LogP contribution in [0, 0.1) is 6.92 Å². The van der Waals surface area contributed by atoms with Crippen molar-refractivity contribution in [2.45, 2.75) is 26.7 Å². The van der Waals surface area contributed by atoms with Gasteiger partial charge in [-0.3, -0.25) is 9.59 Å². The average molecular weight is 345 g/mol. The van der Waals surface area contributed by atoms with Crippen molar-refractivity contribution in [3.63, 3.8) is 0 Å². The molecule has 0 aliphatic rings. The zero-order valence-electron chi connectivity index (χ0n) is 13.9. The third-order valence-corrected chi connectivity index (χ3v) is 3.92. The van der Waals surface area contributed by atoms with Crippen molar-refractivity contribution in [3.05, 3.63) is 64.2 Å². The molecule has 0 heterocycles. The second-order valence-electron chi connectivity index (χ2n) is 5.59. The van der Waals surface area contributed by atoms with Gasteiger partial charge in [-0.05, 0) is 43.2 Å². The number of rotatable bonds is 6. The van der Waals surface area contributed by atoms with Gasteiger partial charge in [-0.1, -0.05) is 43.1 Å². The van der Waals surface area contributed by atoms with Crippen LogP contribution >= 0.6 is 11.6 Å². The average Bonchev–Trinajstić information content (AvgIpc) is 2.55. The molecule has 2 N–H and O–H groups in total. The van der Waals surface area contributed by atoms with Gasteiger partial charge < -0.3 is 10.6 Å². The number of carbonyl (C=O) groups excluding carboxylic acids is 2. The number of carbonyl (C=O) groups is 2. The fourth-order valence-corrected chi connectivity index (χ4v) is 2.58. The monoisotopic (exact) mass is 344 g/mol. The molecule has 0 aliphatic heterocycles. The number of halogens is 1. The summed E-state index contributed by atoms with van der Waals surface area (Å²) in [6.45, 7) is 4.58. The molecule has 0 unspecified atom stereocenters. The minimum Gasteiger partial charge on any atom is -0.352 e. The molecule has 24 heavy (non-hydrogen) atoms. The topological polar surface area (TPSA) is 58.2 Å². The smallest absolute Gasteiger partial charge is 0.257 e. The van der Waals surface area contributed by atoms with E-state index in [4.69, 9.17) is 11.6 Å². The number of aryl methyl sites for hydroxylation is 1. The summed E-state index contributed by atoms with van der Waals surface area (Å²) in [5.74, 6) is -0.539. The summed E-state index contributed by atoms with van der Waals surface area (Å²) in [4.78, 5) is 24.7. The maximum Gasteiger partial charge on any atom is 0.257 e. The predicted molar refractivity (Wildman–Crippen MR) is 97.8 cm³/mol. The molecule has 126 valence electrons. The van der Waals surface area contributed by atoms with Crippen molar-refractivity contribution in [1.29, 1.82) is 0 Å². The van der Waals surface area contributed by atoms with Gasteiger partial charge in [0.05, 0.1) is 21.8 Å². The normalized spacial score (nSPS) is 10.3. The maximum atomic E-state index is 12.5. The van der Waals surface area contributed by atoms with E-state index < -0.39 is 0 Å². The van der Waals surface area contributed by atoms with Gasteiger partial charge in [-0.2, -0.15) is 0 Å². The summed E-state index contributed by atoms with van der Waals surface area (Å²) < 4.78 is 0. The summed E-state index contributed by atoms with van der Waals surface area (Å²) >= 11 is 6.14. The van der Waals surface area contributed by atoms with Crippen molar-refractivity contribution in [1.82, 2.24) is 5.32 Å². The molecule has 5 heteroatoms. The van der Waals surface area contributed by atoms with Crippen molar-refractivity contribution in [2.24, 2.45) is 0 Å². The molecule has 0 spiro atoms. The van der Waals surface area contributed by atoms with E-state index in [0.717, 1.165) is 18.4 Å². The Labute approximate surface area is 147 Å². The van der Waals surface area contributed by atoms with Gasteiger partial charge in [0.25, 0.3) is 11.8 Å². The van der Waals surface area contributed by atoms with Crippen molar-refractivity contribution in [3.8, 4) is 0 Å². The van der Waals surface area contributed by atoms with E-state index in [9.17, 15) is 9.59 Å². The zero-order chi connectivity index (χ0) is 17.5. The number of hydrogen-bond acceptors (Lipinski definition) is 2. The number of unbranched alkanes of at least 4 members (excludes halogenated alkanes) is 1. The highest BCUT2D eigenvalue weighted by Gasteiger charge is 2.15. The van der Waals surface area contributed by atoms with Crippen LogP contribution in [0.1, 0.15) is 46.0 Å². The Morgan fingerprint density at radius 1 is 1.04 bits per heavy atom. The molecule has 0 radical (unpaired) electrons. The molecule has 2 aromatic rings. The largest absolute Gasteiger partial charge is 0.352 e. The Morgan fingerprint density at radius 2 is 1.79 bits per heavy atom. The molecule has 2 rings (SSSR count). The molecule has 0 atom stereocenters. The minimum atomic E-state index is -0.339. The Morgan fingerprint density at radius 3 is 2.50 bits per heavy atom. The van der Waals surface area contributed by atoms with Crippen LogP contribution in [0.3, 0.4) is 0 Å². The summed E-state index contributed by atoms with van der Waals surface area (Å²) in [7, 11) is 0. The summed E-state index contributed by atoms with van der Waals surface area (Å²) in [6, 6.07) is 12.2. The van der Waals surface area contributed by atoms with E-state index in [0.29, 0.717) is 28.4 Å². The lowest BCUT2D eigenvalue weighted by Gasteiger charge is -2.12. The molecule has 0 fully saturated rings.